The maximum absolute atomic E-state index is 12.9. The number of anilines is 3. The van der Waals surface area contributed by atoms with Crippen LogP contribution in [0.2, 0.25) is 0 Å². The molecule has 0 aliphatic carbocycles. The average Bonchev–Trinajstić information content (AvgIpc) is 2.31. The van der Waals surface area contributed by atoms with Crippen molar-refractivity contribution < 1.29 is 4.39 Å². The number of nitrogens with two attached hydrogens (primary N) is 2. The molecular weight excluding hydrogens is 217 g/mol. The highest BCUT2D eigenvalue weighted by atomic mass is 19.1. The lowest BCUT2D eigenvalue weighted by atomic mass is 10.2. The van der Waals surface area contributed by atoms with Crippen LogP contribution in [0.3, 0.4) is 0 Å². The van der Waals surface area contributed by atoms with Gasteiger partial charge in [0.05, 0.1) is 11.4 Å². The zero-order chi connectivity index (χ0) is 12.3. The fourth-order valence-electron chi connectivity index (χ4n) is 1.54. The Morgan fingerprint density at radius 1 is 1.00 bits per heavy atom. The fraction of sp³-hybridized carbons (Fsp3) is 0.0769. The second kappa shape index (κ2) is 4.74. The Hall–Kier alpha value is -2.23. The molecular formula is C13H14FN3. The van der Waals surface area contributed by atoms with E-state index in [-0.39, 0.29) is 5.82 Å². The van der Waals surface area contributed by atoms with E-state index in [1.54, 1.807) is 18.2 Å². The van der Waals surface area contributed by atoms with Crippen molar-refractivity contribution in [1.29, 1.82) is 0 Å². The van der Waals surface area contributed by atoms with Crippen LogP contribution < -0.4 is 16.8 Å². The first-order valence-electron chi connectivity index (χ1n) is 5.28. The summed E-state index contributed by atoms with van der Waals surface area (Å²) in [6, 6.07) is 11.8. The van der Waals surface area contributed by atoms with E-state index in [9.17, 15) is 4.39 Å². The highest BCUT2D eigenvalue weighted by Crippen LogP contribution is 2.20. The first-order valence-corrected chi connectivity index (χ1v) is 5.28. The Morgan fingerprint density at radius 2 is 1.82 bits per heavy atom. The summed E-state index contributed by atoms with van der Waals surface area (Å²) in [5.41, 5.74) is 14.1. The van der Waals surface area contributed by atoms with E-state index >= 15 is 0 Å². The van der Waals surface area contributed by atoms with Gasteiger partial charge in [-0.05, 0) is 35.9 Å². The number of nitrogen functional groups attached to an aromatic ring is 2. The Morgan fingerprint density at radius 3 is 2.53 bits per heavy atom. The summed E-state index contributed by atoms with van der Waals surface area (Å²) < 4.78 is 12.9. The van der Waals surface area contributed by atoms with Crippen molar-refractivity contribution in [2.45, 2.75) is 6.54 Å². The van der Waals surface area contributed by atoms with Gasteiger partial charge >= 0.3 is 0 Å². The standard InChI is InChI=1S/C13H14FN3/c14-10-3-1-2-9(6-10)8-17-11-4-5-12(15)13(16)7-11/h1-7,17H,8,15-16H2. The van der Waals surface area contributed by atoms with Crippen molar-refractivity contribution in [3.8, 4) is 0 Å². The van der Waals surface area contributed by atoms with Gasteiger partial charge in [0.2, 0.25) is 0 Å². The summed E-state index contributed by atoms with van der Waals surface area (Å²) >= 11 is 0. The van der Waals surface area contributed by atoms with Crippen molar-refractivity contribution in [3.63, 3.8) is 0 Å². The quantitative estimate of drug-likeness (QED) is 0.711. The summed E-state index contributed by atoms with van der Waals surface area (Å²) in [6.45, 7) is 0.543. The monoisotopic (exact) mass is 231 g/mol. The minimum absolute atomic E-state index is 0.235. The van der Waals surface area contributed by atoms with E-state index in [2.05, 4.69) is 5.32 Å². The van der Waals surface area contributed by atoms with E-state index < -0.39 is 0 Å². The van der Waals surface area contributed by atoms with Crippen LogP contribution in [0.1, 0.15) is 5.56 Å². The van der Waals surface area contributed by atoms with E-state index in [0.29, 0.717) is 17.9 Å². The van der Waals surface area contributed by atoms with Crippen molar-refractivity contribution >= 4 is 17.1 Å². The molecule has 2 aromatic rings. The smallest absolute Gasteiger partial charge is 0.123 e. The molecule has 17 heavy (non-hydrogen) atoms. The molecule has 0 bridgehead atoms. The molecule has 0 radical (unpaired) electrons. The first-order chi connectivity index (χ1) is 8.15. The largest absolute Gasteiger partial charge is 0.397 e. The predicted molar refractivity (Wildman–Crippen MR) is 69.0 cm³/mol. The van der Waals surface area contributed by atoms with Gasteiger partial charge in [0, 0.05) is 12.2 Å². The minimum Gasteiger partial charge on any atom is -0.397 e. The minimum atomic E-state index is -0.235. The van der Waals surface area contributed by atoms with Crippen LogP contribution in [0, 0.1) is 5.82 Å². The molecule has 5 N–H and O–H groups in total. The Kier molecular flexibility index (Phi) is 3.14. The zero-order valence-electron chi connectivity index (χ0n) is 9.28. The Balaban J connectivity index is 2.05. The SMILES string of the molecule is Nc1ccc(NCc2cccc(F)c2)cc1N. The van der Waals surface area contributed by atoms with Gasteiger partial charge in [0.25, 0.3) is 0 Å². The van der Waals surface area contributed by atoms with Crippen LogP contribution in [0.15, 0.2) is 42.5 Å². The molecule has 3 nitrogen and oxygen atoms in total. The maximum atomic E-state index is 12.9. The summed E-state index contributed by atoms with van der Waals surface area (Å²) in [7, 11) is 0. The van der Waals surface area contributed by atoms with Gasteiger partial charge < -0.3 is 16.8 Å². The number of nitrogens with one attached hydrogen (secondary N) is 1. The van der Waals surface area contributed by atoms with Crippen molar-refractivity contribution in [3.05, 3.63) is 53.8 Å². The van der Waals surface area contributed by atoms with Gasteiger partial charge in [-0.25, -0.2) is 4.39 Å². The third-order valence-corrected chi connectivity index (χ3v) is 2.47. The van der Waals surface area contributed by atoms with E-state index in [1.165, 1.54) is 12.1 Å². The lowest BCUT2D eigenvalue weighted by molar-refractivity contribution is 0.626. The van der Waals surface area contributed by atoms with Gasteiger partial charge in [-0.1, -0.05) is 12.1 Å². The lowest BCUT2D eigenvalue weighted by Gasteiger charge is -2.08. The van der Waals surface area contributed by atoms with Crippen LogP contribution in [0.4, 0.5) is 21.5 Å². The molecule has 0 heterocycles. The predicted octanol–water partition coefficient (Wildman–Crippen LogP) is 2.60. The third-order valence-electron chi connectivity index (χ3n) is 2.47. The number of benzene rings is 2. The van der Waals surface area contributed by atoms with Gasteiger partial charge in [-0.15, -0.1) is 0 Å². The van der Waals surface area contributed by atoms with Crippen molar-refractivity contribution in [1.82, 2.24) is 0 Å². The molecule has 0 saturated carbocycles. The summed E-state index contributed by atoms with van der Waals surface area (Å²) in [4.78, 5) is 0. The van der Waals surface area contributed by atoms with E-state index in [4.69, 9.17) is 11.5 Å². The fourth-order valence-corrected chi connectivity index (χ4v) is 1.54. The average molecular weight is 231 g/mol. The summed E-state index contributed by atoms with van der Waals surface area (Å²) in [6.07, 6.45) is 0. The van der Waals surface area contributed by atoms with Crippen LogP contribution in [-0.2, 0) is 6.54 Å². The van der Waals surface area contributed by atoms with E-state index in [1.807, 2.05) is 12.1 Å². The van der Waals surface area contributed by atoms with E-state index in [0.717, 1.165) is 11.3 Å². The van der Waals surface area contributed by atoms with Crippen LogP contribution >= 0.6 is 0 Å². The second-order valence-corrected chi connectivity index (χ2v) is 3.83. The Bertz CT molecular complexity index is 526. The Labute approximate surface area is 99.2 Å². The molecule has 0 unspecified atom stereocenters. The topological polar surface area (TPSA) is 64.1 Å². The molecule has 0 aliphatic rings. The third kappa shape index (κ3) is 2.87. The lowest BCUT2D eigenvalue weighted by Crippen LogP contribution is -2.01. The zero-order valence-corrected chi connectivity index (χ0v) is 9.28. The molecule has 2 rings (SSSR count). The molecule has 88 valence electrons. The normalized spacial score (nSPS) is 10.2. The van der Waals surface area contributed by atoms with Crippen molar-refractivity contribution in [2.75, 3.05) is 16.8 Å². The van der Waals surface area contributed by atoms with Crippen LogP contribution in [0.25, 0.3) is 0 Å². The molecule has 0 amide bonds. The molecule has 2 aromatic carbocycles. The second-order valence-electron chi connectivity index (χ2n) is 3.83. The number of hydrogen-bond acceptors (Lipinski definition) is 3. The molecule has 0 aliphatic heterocycles. The van der Waals surface area contributed by atoms with Gasteiger partial charge in [-0.2, -0.15) is 0 Å². The summed E-state index contributed by atoms with van der Waals surface area (Å²) in [5, 5.41) is 3.15. The molecule has 4 heteroatoms. The highest BCUT2D eigenvalue weighted by molar-refractivity contribution is 5.69. The van der Waals surface area contributed by atoms with Crippen LogP contribution in [0.5, 0.6) is 0 Å². The first kappa shape index (κ1) is 11.3. The molecule has 0 atom stereocenters. The summed E-state index contributed by atoms with van der Waals surface area (Å²) in [5.74, 6) is -0.235. The molecule has 0 fully saturated rings. The molecule has 0 spiro atoms. The van der Waals surface area contributed by atoms with Gasteiger partial charge in [-0.3, -0.25) is 0 Å². The highest BCUT2D eigenvalue weighted by Gasteiger charge is 1.98. The van der Waals surface area contributed by atoms with Gasteiger partial charge in [0.1, 0.15) is 5.82 Å². The van der Waals surface area contributed by atoms with Crippen LogP contribution in [-0.4, -0.2) is 0 Å². The number of hydrogen-bond donors (Lipinski definition) is 3. The van der Waals surface area contributed by atoms with Gasteiger partial charge in [0.15, 0.2) is 0 Å². The molecule has 0 aromatic heterocycles. The number of rotatable bonds is 3. The maximum Gasteiger partial charge on any atom is 0.123 e. The van der Waals surface area contributed by atoms with Crippen molar-refractivity contribution in [2.24, 2.45) is 0 Å². The number of halogens is 1. The molecule has 0 saturated heterocycles.